The molecular formula is C9H8ClFOS. The average Bonchev–Trinajstić information content (AvgIpc) is 2.13. The van der Waals surface area contributed by atoms with Crippen molar-refractivity contribution < 1.29 is 9.18 Å². The SMILES string of the molecule is O=C(CCl)Cc1cccc(S)c1F. The quantitative estimate of drug-likeness (QED) is 0.609. The van der Waals surface area contributed by atoms with Crippen LogP contribution in [0.3, 0.4) is 0 Å². The second-order valence-corrected chi connectivity index (χ2v) is 3.35. The second-order valence-electron chi connectivity index (χ2n) is 2.60. The number of hydrogen-bond donors (Lipinski definition) is 1. The average molecular weight is 219 g/mol. The lowest BCUT2D eigenvalue weighted by Crippen LogP contribution is -2.05. The van der Waals surface area contributed by atoms with E-state index in [2.05, 4.69) is 12.6 Å². The molecule has 0 amide bonds. The zero-order valence-electron chi connectivity index (χ0n) is 6.76. The van der Waals surface area contributed by atoms with Crippen LogP contribution in [-0.2, 0) is 11.2 Å². The van der Waals surface area contributed by atoms with Crippen molar-refractivity contribution >= 4 is 30.0 Å². The zero-order valence-corrected chi connectivity index (χ0v) is 8.41. The highest BCUT2D eigenvalue weighted by Crippen LogP contribution is 2.16. The van der Waals surface area contributed by atoms with E-state index in [0.717, 1.165) is 0 Å². The summed E-state index contributed by atoms with van der Waals surface area (Å²) in [6, 6.07) is 4.74. The maximum Gasteiger partial charge on any atom is 0.152 e. The van der Waals surface area contributed by atoms with Gasteiger partial charge in [0.15, 0.2) is 5.78 Å². The summed E-state index contributed by atoms with van der Waals surface area (Å²) in [5, 5.41) is 0. The standard InChI is InChI=1S/C9H8ClFOS/c10-5-7(12)4-6-2-1-3-8(13)9(6)11/h1-3,13H,4-5H2. The predicted octanol–water partition coefficient (Wildman–Crippen LogP) is 2.46. The first-order valence-corrected chi connectivity index (χ1v) is 4.67. The van der Waals surface area contributed by atoms with E-state index in [1.807, 2.05) is 0 Å². The second kappa shape index (κ2) is 4.63. The lowest BCUT2D eigenvalue weighted by molar-refractivity contribution is -0.116. The molecule has 0 unspecified atom stereocenters. The summed E-state index contributed by atoms with van der Waals surface area (Å²) < 4.78 is 13.2. The van der Waals surface area contributed by atoms with Gasteiger partial charge in [-0.2, -0.15) is 0 Å². The minimum Gasteiger partial charge on any atom is -0.298 e. The van der Waals surface area contributed by atoms with Gasteiger partial charge in [-0.05, 0) is 11.6 Å². The zero-order chi connectivity index (χ0) is 9.84. The number of Topliss-reactive ketones (excluding diaryl/α,β-unsaturated/α-hetero) is 1. The Balaban J connectivity index is 2.89. The Labute approximate surface area is 86.3 Å². The summed E-state index contributed by atoms with van der Waals surface area (Å²) in [4.78, 5) is 11.2. The van der Waals surface area contributed by atoms with Crippen LogP contribution in [0.2, 0.25) is 0 Å². The predicted molar refractivity (Wildman–Crippen MR) is 53.1 cm³/mol. The van der Waals surface area contributed by atoms with Gasteiger partial charge < -0.3 is 0 Å². The van der Waals surface area contributed by atoms with Crippen molar-refractivity contribution in [3.8, 4) is 0 Å². The molecule has 0 aliphatic carbocycles. The molecule has 70 valence electrons. The number of thiol groups is 1. The molecule has 0 bridgehead atoms. The molecule has 0 radical (unpaired) electrons. The van der Waals surface area contributed by atoms with Gasteiger partial charge in [-0.25, -0.2) is 4.39 Å². The molecule has 4 heteroatoms. The van der Waals surface area contributed by atoms with Gasteiger partial charge in [0, 0.05) is 11.3 Å². The van der Waals surface area contributed by atoms with Gasteiger partial charge in [-0.15, -0.1) is 24.2 Å². The summed E-state index contributed by atoms with van der Waals surface area (Å²) >= 11 is 9.20. The van der Waals surface area contributed by atoms with Gasteiger partial charge in [-0.1, -0.05) is 12.1 Å². The largest absolute Gasteiger partial charge is 0.298 e. The first kappa shape index (κ1) is 10.5. The molecule has 0 aliphatic heterocycles. The Morgan fingerprint density at radius 1 is 1.54 bits per heavy atom. The van der Waals surface area contributed by atoms with Crippen molar-refractivity contribution in [1.82, 2.24) is 0 Å². The van der Waals surface area contributed by atoms with Crippen molar-refractivity contribution in [2.75, 3.05) is 5.88 Å². The minimum absolute atomic E-state index is 0.0315. The molecule has 0 saturated heterocycles. The topological polar surface area (TPSA) is 17.1 Å². The maximum atomic E-state index is 13.2. The van der Waals surface area contributed by atoms with E-state index in [0.29, 0.717) is 5.56 Å². The number of hydrogen-bond acceptors (Lipinski definition) is 2. The molecule has 1 rings (SSSR count). The Morgan fingerprint density at radius 2 is 2.23 bits per heavy atom. The van der Waals surface area contributed by atoms with Crippen LogP contribution in [-0.4, -0.2) is 11.7 Å². The fourth-order valence-corrected chi connectivity index (χ4v) is 1.29. The molecule has 0 saturated carbocycles. The fourth-order valence-electron chi connectivity index (χ4n) is 0.962. The summed E-state index contributed by atoms with van der Waals surface area (Å²) in [7, 11) is 0. The highest BCUT2D eigenvalue weighted by atomic mass is 35.5. The van der Waals surface area contributed by atoms with Crippen LogP contribution in [0.1, 0.15) is 5.56 Å². The normalized spacial score (nSPS) is 10.1. The molecule has 13 heavy (non-hydrogen) atoms. The molecule has 0 aliphatic rings. The molecule has 0 aromatic heterocycles. The van der Waals surface area contributed by atoms with Crippen LogP contribution in [0.4, 0.5) is 4.39 Å². The van der Waals surface area contributed by atoms with E-state index in [1.54, 1.807) is 12.1 Å². The van der Waals surface area contributed by atoms with Crippen molar-refractivity contribution in [2.24, 2.45) is 0 Å². The number of carbonyl (C=O) groups is 1. The molecule has 0 heterocycles. The van der Waals surface area contributed by atoms with Gasteiger partial charge >= 0.3 is 0 Å². The van der Waals surface area contributed by atoms with Gasteiger partial charge in [0.25, 0.3) is 0 Å². The van der Waals surface area contributed by atoms with Crippen LogP contribution < -0.4 is 0 Å². The highest BCUT2D eigenvalue weighted by molar-refractivity contribution is 7.80. The van der Waals surface area contributed by atoms with E-state index in [-0.39, 0.29) is 23.0 Å². The molecule has 1 aromatic carbocycles. The van der Waals surface area contributed by atoms with Crippen LogP contribution in [0.15, 0.2) is 23.1 Å². The number of carbonyl (C=O) groups excluding carboxylic acids is 1. The van der Waals surface area contributed by atoms with E-state index >= 15 is 0 Å². The maximum absolute atomic E-state index is 13.2. The van der Waals surface area contributed by atoms with Crippen LogP contribution in [0.5, 0.6) is 0 Å². The number of rotatable bonds is 3. The first-order chi connectivity index (χ1) is 6.15. The third-order valence-corrected chi connectivity index (χ3v) is 2.24. The number of halogens is 2. The number of alkyl halides is 1. The van der Waals surface area contributed by atoms with Gasteiger partial charge in [0.05, 0.1) is 5.88 Å². The summed E-state index contributed by atoms with van der Waals surface area (Å²) in [5.41, 5.74) is 0.346. The lowest BCUT2D eigenvalue weighted by Gasteiger charge is -2.02. The van der Waals surface area contributed by atoms with E-state index in [4.69, 9.17) is 11.6 Å². The minimum atomic E-state index is -0.440. The summed E-state index contributed by atoms with van der Waals surface area (Å²) in [6.07, 6.45) is 0.0315. The summed E-state index contributed by atoms with van der Waals surface area (Å²) in [6.45, 7) is 0. The van der Waals surface area contributed by atoms with Gasteiger partial charge in [0.1, 0.15) is 5.82 Å². The van der Waals surface area contributed by atoms with Crippen molar-refractivity contribution in [3.05, 3.63) is 29.6 Å². The highest BCUT2D eigenvalue weighted by Gasteiger charge is 2.08. The lowest BCUT2D eigenvalue weighted by atomic mass is 10.1. The van der Waals surface area contributed by atoms with Crippen molar-refractivity contribution in [2.45, 2.75) is 11.3 Å². The Bertz CT molecular complexity index is 327. The number of ketones is 1. The molecular weight excluding hydrogens is 211 g/mol. The Kier molecular flexibility index (Phi) is 3.75. The molecule has 0 spiro atoms. The first-order valence-electron chi connectivity index (χ1n) is 3.69. The molecule has 1 aromatic rings. The van der Waals surface area contributed by atoms with Gasteiger partial charge in [-0.3, -0.25) is 4.79 Å². The monoisotopic (exact) mass is 218 g/mol. The van der Waals surface area contributed by atoms with Crippen LogP contribution >= 0.6 is 24.2 Å². The summed E-state index contributed by atoms with van der Waals surface area (Å²) in [5.74, 6) is -0.722. The van der Waals surface area contributed by atoms with Crippen LogP contribution in [0.25, 0.3) is 0 Å². The molecule has 0 N–H and O–H groups in total. The fraction of sp³-hybridized carbons (Fsp3) is 0.222. The van der Waals surface area contributed by atoms with Gasteiger partial charge in [0.2, 0.25) is 0 Å². The third kappa shape index (κ3) is 2.71. The van der Waals surface area contributed by atoms with E-state index in [1.165, 1.54) is 6.07 Å². The van der Waals surface area contributed by atoms with Crippen molar-refractivity contribution in [3.63, 3.8) is 0 Å². The van der Waals surface area contributed by atoms with Crippen LogP contribution in [0, 0.1) is 5.82 Å². The Morgan fingerprint density at radius 3 is 2.85 bits per heavy atom. The number of benzene rings is 1. The third-order valence-electron chi connectivity index (χ3n) is 1.59. The van der Waals surface area contributed by atoms with E-state index < -0.39 is 5.82 Å². The molecule has 1 nitrogen and oxygen atoms in total. The smallest absolute Gasteiger partial charge is 0.152 e. The van der Waals surface area contributed by atoms with Crippen molar-refractivity contribution in [1.29, 1.82) is 0 Å². The Hall–Kier alpha value is -0.540. The van der Waals surface area contributed by atoms with E-state index in [9.17, 15) is 9.18 Å². The molecule has 0 fully saturated rings. The molecule has 0 atom stereocenters.